The lowest BCUT2D eigenvalue weighted by Gasteiger charge is -2.16. The van der Waals surface area contributed by atoms with Gasteiger partial charge < -0.3 is 15.5 Å². The van der Waals surface area contributed by atoms with Gasteiger partial charge in [0.1, 0.15) is 5.82 Å². The molecule has 2 aromatic rings. The summed E-state index contributed by atoms with van der Waals surface area (Å²) in [5.74, 6) is 0.827. The zero-order valence-electron chi connectivity index (χ0n) is 14.9. The molecule has 0 radical (unpaired) electrons. The number of aromatic nitrogens is 1. The highest BCUT2D eigenvalue weighted by Gasteiger charge is 2.14. The third-order valence-corrected chi connectivity index (χ3v) is 4.20. The first-order valence-electron chi connectivity index (χ1n) is 8.58. The molecule has 1 saturated heterocycles. The lowest BCUT2D eigenvalue weighted by Crippen LogP contribution is -2.19. The summed E-state index contributed by atoms with van der Waals surface area (Å²) in [6, 6.07) is 11.7. The number of benzene rings is 1. The molecule has 0 spiro atoms. The molecule has 1 aromatic carbocycles. The fourth-order valence-electron chi connectivity index (χ4n) is 2.89. The maximum absolute atomic E-state index is 12.4. The van der Waals surface area contributed by atoms with Gasteiger partial charge in [-0.1, -0.05) is 19.1 Å². The van der Waals surface area contributed by atoms with Crippen LogP contribution in [-0.2, 0) is 6.54 Å². The summed E-state index contributed by atoms with van der Waals surface area (Å²) in [6.07, 6.45) is 4.09. The van der Waals surface area contributed by atoms with E-state index in [4.69, 9.17) is 0 Å². The summed E-state index contributed by atoms with van der Waals surface area (Å²) >= 11 is 0. The summed E-state index contributed by atoms with van der Waals surface area (Å²) in [4.78, 5) is 19.1. The van der Waals surface area contributed by atoms with Crippen LogP contribution in [-0.4, -0.2) is 30.5 Å². The normalized spacial score (nSPS) is 12.9. The molecular weight excluding hydrogens is 371 g/mol. The number of rotatable bonds is 6. The predicted molar refractivity (Wildman–Crippen MR) is 112 cm³/mol. The third kappa shape index (κ3) is 5.87. The van der Waals surface area contributed by atoms with E-state index in [1.54, 1.807) is 6.20 Å². The number of hydrogen-bond donors (Lipinski definition) is 2. The van der Waals surface area contributed by atoms with Gasteiger partial charge in [-0.2, -0.15) is 0 Å². The smallest absolute Gasteiger partial charge is 0.257 e. The molecule has 3 rings (SSSR count). The Balaban J connectivity index is 0.00000169. The van der Waals surface area contributed by atoms with Crippen LogP contribution in [0.25, 0.3) is 0 Å². The fourth-order valence-corrected chi connectivity index (χ4v) is 2.89. The van der Waals surface area contributed by atoms with E-state index in [1.807, 2.05) is 36.4 Å². The summed E-state index contributed by atoms with van der Waals surface area (Å²) in [5.41, 5.74) is 2.53. The van der Waals surface area contributed by atoms with Gasteiger partial charge in [0, 0.05) is 31.5 Å². The molecule has 2 N–H and O–H groups in total. The summed E-state index contributed by atoms with van der Waals surface area (Å²) in [5, 5.41) is 6.23. The minimum Gasteiger partial charge on any atom is -0.357 e. The largest absolute Gasteiger partial charge is 0.357 e. The first-order chi connectivity index (χ1) is 11.8. The minimum absolute atomic E-state index is 0. The van der Waals surface area contributed by atoms with E-state index in [1.165, 1.54) is 12.8 Å². The van der Waals surface area contributed by atoms with Crippen LogP contribution >= 0.6 is 24.8 Å². The Hall–Kier alpha value is -1.82. The molecule has 142 valence electrons. The number of carbonyl (C=O) groups excluding carboxylic acids is 1. The number of nitrogens with one attached hydrogen (secondary N) is 2. The molecule has 1 aromatic heterocycles. The zero-order valence-corrected chi connectivity index (χ0v) is 16.5. The Kier molecular flexibility index (Phi) is 9.41. The molecule has 1 amide bonds. The molecule has 7 heteroatoms. The van der Waals surface area contributed by atoms with Gasteiger partial charge in [-0.15, -0.1) is 24.8 Å². The summed E-state index contributed by atoms with van der Waals surface area (Å²) in [7, 11) is 0. The standard InChI is InChI=1S/C19H24N4O.2ClH/c1-2-20-13-15-6-5-7-17(12-15)22-19(24)16-8-9-18(21-14-16)23-10-3-4-11-23;;/h5-9,12,14,20H,2-4,10-11,13H2,1H3,(H,22,24);2*1H. The molecule has 26 heavy (non-hydrogen) atoms. The molecule has 1 aliphatic heterocycles. The maximum Gasteiger partial charge on any atom is 0.257 e. The molecule has 0 saturated carbocycles. The lowest BCUT2D eigenvalue weighted by atomic mass is 10.2. The second kappa shape index (κ2) is 11.0. The predicted octanol–water partition coefficient (Wildman–Crippen LogP) is 3.89. The van der Waals surface area contributed by atoms with Gasteiger partial charge in [-0.05, 0) is 49.2 Å². The van der Waals surface area contributed by atoms with E-state index < -0.39 is 0 Å². The Labute approximate surface area is 167 Å². The van der Waals surface area contributed by atoms with Gasteiger partial charge in [0.05, 0.1) is 5.56 Å². The van der Waals surface area contributed by atoms with Crippen LogP contribution in [0.3, 0.4) is 0 Å². The topological polar surface area (TPSA) is 57.3 Å². The van der Waals surface area contributed by atoms with Crippen LogP contribution < -0.4 is 15.5 Å². The first kappa shape index (κ1) is 22.2. The van der Waals surface area contributed by atoms with Gasteiger partial charge in [0.15, 0.2) is 0 Å². The number of anilines is 2. The van der Waals surface area contributed by atoms with Crippen molar-refractivity contribution in [2.45, 2.75) is 26.3 Å². The van der Waals surface area contributed by atoms with E-state index in [0.717, 1.165) is 43.2 Å². The van der Waals surface area contributed by atoms with E-state index in [9.17, 15) is 4.79 Å². The van der Waals surface area contributed by atoms with Crippen molar-refractivity contribution >= 4 is 42.2 Å². The van der Waals surface area contributed by atoms with E-state index in [-0.39, 0.29) is 30.7 Å². The van der Waals surface area contributed by atoms with Crippen molar-refractivity contribution in [1.29, 1.82) is 0 Å². The van der Waals surface area contributed by atoms with Crippen LogP contribution in [0.5, 0.6) is 0 Å². The van der Waals surface area contributed by atoms with Crippen LogP contribution in [0.1, 0.15) is 35.7 Å². The highest BCUT2D eigenvalue weighted by molar-refractivity contribution is 6.04. The molecule has 0 unspecified atom stereocenters. The van der Waals surface area contributed by atoms with Gasteiger partial charge in [0.25, 0.3) is 5.91 Å². The second-order valence-electron chi connectivity index (χ2n) is 6.03. The number of pyridine rings is 1. The second-order valence-corrected chi connectivity index (χ2v) is 6.03. The summed E-state index contributed by atoms with van der Waals surface area (Å²) in [6.45, 7) is 5.90. The third-order valence-electron chi connectivity index (χ3n) is 4.20. The van der Waals surface area contributed by atoms with Gasteiger partial charge in [-0.3, -0.25) is 4.79 Å². The first-order valence-corrected chi connectivity index (χ1v) is 8.58. The SMILES string of the molecule is CCNCc1cccc(NC(=O)c2ccc(N3CCCC3)nc2)c1.Cl.Cl. The Morgan fingerprint density at radius 2 is 1.92 bits per heavy atom. The zero-order chi connectivity index (χ0) is 16.8. The highest BCUT2D eigenvalue weighted by Crippen LogP contribution is 2.18. The molecule has 1 aliphatic rings. The van der Waals surface area contributed by atoms with Crippen molar-refractivity contribution in [2.24, 2.45) is 0 Å². The number of hydrogen-bond acceptors (Lipinski definition) is 4. The Morgan fingerprint density at radius 1 is 1.15 bits per heavy atom. The molecule has 0 atom stereocenters. The van der Waals surface area contributed by atoms with Crippen molar-refractivity contribution in [3.05, 3.63) is 53.7 Å². The van der Waals surface area contributed by atoms with Crippen molar-refractivity contribution in [2.75, 3.05) is 29.9 Å². The van der Waals surface area contributed by atoms with E-state index in [0.29, 0.717) is 5.56 Å². The van der Waals surface area contributed by atoms with Crippen LogP contribution in [0.4, 0.5) is 11.5 Å². The number of halogens is 2. The molecular formula is C19H26Cl2N4O. The number of nitrogens with zero attached hydrogens (tertiary/aromatic N) is 2. The van der Waals surface area contributed by atoms with E-state index in [2.05, 4.69) is 27.4 Å². The monoisotopic (exact) mass is 396 g/mol. The van der Waals surface area contributed by atoms with E-state index >= 15 is 0 Å². The maximum atomic E-state index is 12.4. The van der Waals surface area contributed by atoms with Crippen LogP contribution in [0, 0.1) is 0 Å². The minimum atomic E-state index is -0.129. The molecule has 1 fully saturated rings. The van der Waals surface area contributed by atoms with Crippen LogP contribution in [0.15, 0.2) is 42.6 Å². The number of amides is 1. The molecule has 2 heterocycles. The Bertz CT molecular complexity index is 688. The quantitative estimate of drug-likeness (QED) is 0.777. The average molecular weight is 397 g/mol. The molecule has 5 nitrogen and oxygen atoms in total. The molecule has 0 bridgehead atoms. The molecule has 0 aliphatic carbocycles. The highest BCUT2D eigenvalue weighted by atomic mass is 35.5. The van der Waals surface area contributed by atoms with Crippen molar-refractivity contribution in [3.63, 3.8) is 0 Å². The van der Waals surface area contributed by atoms with Crippen molar-refractivity contribution < 1.29 is 4.79 Å². The average Bonchev–Trinajstić information content (AvgIpc) is 3.15. The lowest BCUT2D eigenvalue weighted by molar-refractivity contribution is 0.102. The van der Waals surface area contributed by atoms with Gasteiger partial charge >= 0.3 is 0 Å². The van der Waals surface area contributed by atoms with Crippen molar-refractivity contribution in [3.8, 4) is 0 Å². The van der Waals surface area contributed by atoms with Gasteiger partial charge in [0.2, 0.25) is 0 Å². The Morgan fingerprint density at radius 3 is 2.58 bits per heavy atom. The van der Waals surface area contributed by atoms with Crippen molar-refractivity contribution in [1.82, 2.24) is 10.3 Å². The van der Waals surface area contributed by atoms with Crippen LogP contribution in [0.2, 0.25) is 0 Å². The fraction of sp³-hybridized carbons (Fsp3) is 0.368. The number of carbonyl (C=O) groups is 1. The van der Waals surface area contributed by atoms with Gasteiger partial charge in [-0.25, -0.2) is 4.98 Å². The summed E-state index contributed by atoms with van der Waals surface area (Å²) < 4.78 is 0.